The highest BCUT2D eigenvalue weighted by Crippen LogP contribution is 2.18. The van der Waals surface area contributed by atoms with Gasteiger partial charge in [-0.25, -0.2) is 4.39 Å². The maximum atomic E-state index is 12.4. The van der Waals surface area contributed by atoms with E-state index < -0.39 is 6.17 Å². The average Bonchev–Trinajstić information content (AvgIpc) is 1.64. The van der Waals surface area contributed by atoms with E-state index in [0.29, 0.717) is 6.42 Å². The van der Waals surface area contributed by atoms with Crippen LogP contribution < -0.4 is 5.73 Å². The lowest BCUT2D eigenvalue weighted by molar-refractivity contribution is 0.232. The van der Waals surface area contributed by atoms with Crippen molar-refractivity contribution in [3.63, 3.8) is 0 Å². The zero-order valence-corrected chi connectivity index (χ0v) is 4.94. The van der Waals surface area contributed by atoms with Crippen LogP contribution in [0.4, 0.5) is 4.39 Å². The number of hydrogen-bond acceptors (Lipinski definition) is 1. The molecule has 1 aliphatic carbocycles. The molecular weight excluding hydrogens is 105 g/mol. The van der Waals surface area contributed by atoms with Crippen molar-refractivity contribution in [3.05, 3.63) is 0 Å². The highest BCUT2D eigenvalue weighted by Gasteiger charge is 2.17. The number of alkyl halides is 1. The summed E-state index contributed by atoms with van der Waals surface area (Å²) in [5.74, 6) is 0. The summed E-state index contributed by atoms with van der Waals surface area (Å²) in [5, 5.41) is 0. The molecule has 0 radical (unpaired) electrons. The Morgan fingerprint density at radius 3 is 2.50 bits per heavy atom. The summed E-state index contributed by atoms with van der Waals surface area (Å²) in [6, 6.07) is 0.138. The van der Waals surface area contributed by atoms with E-state index in [1.165, 1.54) is 0 Å². The Morgan fingerprint density at radius 2 is 2.12 bits per heavy atom. The molecular formula is C6H12FN. The monoisotopic (exact) mass is 117 g/mol. The molecule has 0 saturated heterocycles. The summed E-state index contributed by atoms with van der Waals surface area (Å²) >= 11 is 0. The van der Waals surface area contributed by atoms with E-state index in [9.17, 15) is 4.39 Å². The molecule has 0 aromatic rings. The molecule has 1 saturated carbocycles. The van der Waals surface area contributed by atoms with E-state index in [1.54, 1.807) is 0 Å². The van der Waals surface area contributed by atoms with Crippen LogP contribution in [-0.4, -0.2) is 12.2 Å². The molecule has 0 aliphatic heterocycles. The first-order chi connectivity index (χ1) is 3.79. The Kier molecular flexibility index (Phi) is 1.84. The molecule has 0 unspecified atom stereocenters. The van der Waals surface area contributed by atoms with Crippen LogP contribution in [0.2, 0.25) is 0 Å². The van der Waals surface area contributed by atoms with Crippen LogP contribution in [0.3, 0.4) is 0 Å². The molecule has 8 heavy (non-hydrogen) atoms. The molecule has 1 fully saturated rings. The van der Waals surface area contributed by atoms with Gasteiger partial charge in [-0.1, -0.05) is 0 Å². The average molecular weight is 117 g/mol. The van der Waals surface area contributed by atoms with Gasteiger partial charge in [-0.05, 0) is 25.7 Å². The van der Waals surface area contributed by atoms with Crippen LogP contribution in [0.15, 0.2) is 0 Å². The van der Waals surface area contributed by atoms with Gasteiger partial charge in [-0.15, -0.1) is 0 Å². The van der Waals surface area contributed by atoms with Crippen LogP contribution in [0.5, 0.6) is 0 Å². The van der Waals surface area contributed by atoms with Crippen LogP contribution in [0.1, 0.15) is 25.7 Å². The van der Waals surface area contributed by atoms with Gasteiger partial charge in [0.15, 0.2) is 0 Å². The second kappa shape index (κ2) is 2.44. The predicted octanol–water partition coefficient (Wildman–Crippen LogP) is 1.23. The second-order valence-corrected chi connectivity index (χ2v) is 2.52. The summed E-state index contributed by atoms with van der Waals surface area (Å²) in [7, 11) is 0. The molecule has 0 heterocycles. The van der Waals surface area contributed by atoms with Crippen LogP contribution in [0.25, 0.3) is 0 Å². The zero-order chi connectivity index (χ0) is 5.98. The highest BCUT2D eigenvalue weighted by atomic mass is 19.1. The Hall–Kier alpha value is -0.110. The fourth-order valence-corrected chi connectivity index (χ4v) is 1.17. The SMILES string of the molecule is N[C@H]1CCC[C@H](F)C1. The summed E-state index contributed by atoms with van der Waals surface area (Å²) in [6.45, 7) is 0. The molecule has 1 nitrogen and oxygen atoms in total. The third kappa shape index (κ3) is 1.44. The van der Waals surface area contributed by atoms with Crippen molar-refractivity contribution in [2.75, 3.05) is 0 Å². The standard InChI is InChI=1S/C6H12FN/c7-5-2-1-3-6(8)4-5/h5-6H,1-4,8H2/t5-,6-/m0/s1. The first kappa shape index (κ1) is 6.02. The van der Waals surface area contributed by atoms with Gasteiger partial charge in [0, 0.05) is 6.04 Å². The molecule has 2 atom stereocenters. The molecule has 0 aromatic heterocycles. The van der Waals surface area contributed by atoms with Crippen molar-refractivity contribution in [2.24, 2.45) is 5.73 Å². The maximum absolute atomic E-state index is 12.4. The largest absolute Gasteiger partial charge is 0.328 e. The number of halogens is 1. The quantitative estimate of drug-likeness (QED) is 0.507. The van der Waals surface area contributed by atoms with Gasteiger partial charge >= 0.3 is 0 Å². The molecule has 2 heteroatoms. The lowest BCUT2D eigenvalue weighted by Crippen LogP contribution is -2.28. The van der Waals surface area contributed by atoms with E-state index in [4.69, 9.17) is 5.73 Å². The molecule has 1 aliphatic rings. The summed E-state index contributed by atoms with van der Waals surface area (Å²) in [4.78, 5) is 0. The minimum Gasteiger partial charge on any atom is -0.328 e. The van der Waals surface area contributed by atoms with Gasteiger partial charge in [0.1, 0.15) is 6.17 Å². The molecule has 48 valence electrons. The zero-order valence-electron chi connectivity index (χ0n) is 4.94. The van der Waals surface area contributed by atoms with Crippen molar-refractivity contribution in [1.29, 1.82) is 0 Å². The predicted molar refractivity (Wildman–Crippen MR) is 31.3 cm³/mol. The number of nitrogens with two attached hydrogens (primary N) is 1. The van der Waals surface area contributed by atoms with Crippen LogP contribution in [0, 0.1) is 0 Å². The van der Waals surface area contributed by atoms with E-state index in [1.807, 2.05) is 0 Å². The Balaban J connectivity index is 2.23. The van der Waals surface area contributed by atoms with Gasteiger partial charge in [-0.2, -0.15) is 0 Å². The lowest BCUT2D eigenvalue weighted by atomic mass is 9.95. The first-order valence-electron chi connectivity index (χ1n) is 3.18. The van der Waals surface area contributed by atoms with E-state index in [0.717, 1.165) is 19.3 Å². The van der Waals surface area contributed by atoms with Crippen molar-refractivity contribution in [2.45, 2.75) is 37.9 Å². The van der Waals surface area contributed by atoms with Gasteiger partial charge in [0.05, 0.1) is 0 Å². The summed E-state index contributed by atoms with van der Waals surface area (Å²) < 4.78 is 12.4. The topological polar surface area (TPSA) is 26.0 Å². The molecule has 1 rings (SSSR count). The third-order valence-corrected chi connectivity index (χ3v) is 1.65. The Morgan fingerprint density at radius 1 is 1.38 bits per heavy atom. The summed E-state index contributed by atoms with van der Waals surface area (Å²) in [5.41, 5.74) is 5.49. The molecule has 0 spiro atoms. The number of hydrogen-bond donors (Lipinski definition) is 1. The fraction of sp³-hybridized carbons (Fsp3) is 1.00. The fourth-order valence-electron chi connectivity index (χ4n) is 1.17. The van der Waals surface area contributed by atoms with Crippen molar-refractivity contribution in [3.8, 4) is 0 Å². The van der Waals surface area contributed by atoms with Crippen LogP contribution in [-0.2, 0) is 0 Å². The van der Waals surface area contributed by atoms with E-state index in [2.05, 4.69) is 0 Å². The van der Waals surface area contributed by atoms with E-state index in [-0.39, 0.29) is 6.04 Å². The van der Waals surface area contributed by atoms with Gasteiger partial charge < -0.3 is 5.73 Å². The highest BCUT2D eigenvalue weighted by molar-refractivity contribution is 4.73. The number of rotatable bonds is 0. The van der Waals surface area contributed by atoms with Gasteiger partial charge in [0.2, 0.25) is 0 Å². The van der Waals surface area contributed by atoms with E-state index >= 15 is 0 Å². The third-order valence-electron chi connectivity index (χ3n) is 1.65. The van der Waals surface area contributed by atoms with Crippen molar-refractivity contribution < 1.29 is 4.39 Å². The van der Waals surface area contributed by atoms with Crippen LogP contribution >= 0.6 is 0 Å². The Bertz CT molecular complexity index is 66.9. The second-order valence-electron chi connectivity index (χ2n) is 2.52. The molecule has 0 amide bonds. The first-order valence-corrected chi connectivity index (χ1v) is 3.18. The minimum atomic E-state index is -0.612. The summed E-state index contributed by atoms with van der Waals surface area (Å²) in [6.07, 6.45) is 2.69. The Labute approximate surface area is 49.1 Å². The lowest BCUT2D eigenvalue weighted by Gasteiger charge is -2.19. The maximum Gasteiger partial charge on any atom is 0.102 e. The minimum absolute atomic E-state index is 0.138. The van der Waals surface area contributed by atoms with Gasteiger partial charge in [-0.3, -0.25) is 0 Å². The van der Waals surface area contributed by atoms with Crippen molar-refractivity contribution in [1.82, 2.24) is 0 Å². The smallest absolute Gasteiger partial charge is 0.102 e. The molecule has 0 bridgehead atoms. The molecule has 2 N–H and O–H groups in total. The molecule has 0 aromatic carbocycles. The van der Waals surface area contributed by atoms with Gasteiger partial charge in [0.25, 0.3) is 0 Å². The van der Waals surface area contributed by atoms with Crippen molar-refractivity contribution >= 4 is 0 Å². The normalized spacial score (nSPS) is 39.8.